The second-order valence-corrected chi connectivity index (χ2v) is 3.24. The van der Waals surface area contributed by atoms with Crippen LogP contribution in [-0.4, -0.2) is 5.78 Å². The smallest absolute Gasteiger partial charge is 0.132 e. The first-order valence-corrected chi connectivity index (χ1v) is 4.72. The number of hydrogen-bond acceptors (Lipinski definition) is 1. The number of ketones is 1. The minimum atomic E-state index is 0.381. The van der Waals surface area contributed by atoms with Gasteiger partial charge in [-0.05, 0) is 19.8 Å². The first kappa shape index (κ1) is 10.7. The maximum absolute atomic E-state index is 10.4. The molecular formula is C10H20O. The fourth-order valence-electron chi connectivity index (χ4n) is 0.815. The summed E-state index contributed by atoms with van der Waals surface area (Å²) < 4.78 is 0. The third kappa shape index (κ3) is 5.00. The van der Waals surface area contributed by atoms with Crippen LogP contribution in [0.5, 0.6) is 0 Å². The number of hydrogen-bond donors (Lipinski definition) is 0. The summed E-state index contributed by atoms with van der Waals surface area (Å²) in [6.45, 7) is 6.05. The molecule has 0 amide bonds. The lowest BCUT2D eigenvalue weighted by Crippen LogP contribution is -2.18. The predicted octanol–water partition coefficient (Wildman–Crippen LogP) is 3.18. The summed E-state index contributed by atoms with van der Waals surface area (Å²) in [6, 6.07) is 0. The van der Waals surface area contributed by atoms with Crippen LogP contribution in [0.2, 0.25) is 0 Å². The van der Waals surface area contributed by atoms with E-state index < -0.39 is 0 Å². The molecule has 1 nitrogen and oxygen atoms in total. The maximum Gasteiger partial charge on any atom is 0.132 e. The molecule has 11 heavy (non-hydrogen) atoms. The van der Waals surface area contributed by atoms with Gasteiger partial charge < -0.3 is 0 Å². The molecule has 0 saturated heterocycles. The van der Waals surface area contributed by atoms with E-state index in [1.165, 1.54) is 19.3 Å². The second-order valence-electron chi connectivity index (χ2n) is 3.24. The van der Waals surface area contributed by atoms with Gasteiger partial charge in [-0.15, -0.1) is 0 Å². The zero-order chi connectivity index (χ0) is 8.69. The highest BCUT2D eigenvalue weighted by atomic mass is 16.1. The van der Waals surface area contributed by atoms with Crippen molar-refractivity contribution in [2.75, 3.05) is 0 Å². The van der Waals surface area contributed by atoms with Crippen LogP contribution >= 0.6 is 0 Å². The predicted molar refractivity (Wildman–Crippen MR) is 48.6 cm³/mol. The Hall–Kier alpha value is -0.330. The largest absolute Gasteiger partial charge is 0.300 e. The third-order valence-corrected chi connectivity index (χ3v) is 2.18. The van der Waals surface area contributed by atoms with Gasteiger partial charge in [0.2, 0.25) is 0 Å². The Bertz CT molecular complexity index is 101. The van der Waals surface area contributed by atoms with Crippen molar-refractivity contribution < 1.29 is 4.79 Å². The number of unbranched alkanes of at least 4 members (excludes halogenated alkanes) is 1. The number of rotatable bonds is 2. The van der Waals surface area contributed by atoms with Crippen LogP contribution in [0, 0.1) is 5.92 Å². The zero-order valence-electron chi connectivity index (χ0n) is 8.02. The van der Waals surface area contributed by atoms with Crippen LogP contribution in [0.1, 0.15) is 52.9 Å². The van der Waals surface area contributed by atoms with E-state index >= 15 is 0 Å². The van der Waals surface area contributed by atoms with Crippen LogP contribution in [0.25, 0.3) is 0 Å². The minimum absolute atomic E-state index is 0.381. The van der Waals surface area contributed by atoms with Gasteiger partial charge in [0, 0.05) is 5.92 Å². The van der Waals surface area contributed by atoms with Crippen LogP contribution in [0.15, 0.2) is 0 Å². The Kier molecular flexibility index (Phi) is 6.19. The molecule has 0 aromatic rings. The van der Waals surface area contributed by atoms with Crippen molar-refractivity contribution in [3.63, 3.8) is 0 Å². The molecule has 1 saturated carbocycles. The van der Waals surface area contributed by atoms with E-state index in [1.807, 2.05) is 0 Å². The van der Waals surface area contributed by atoms with E-state index in [2.05, 4.69) is 13.8 Å². The maximum atomic E-state index is 10.4. The zero-order valence-corrected chi connectivity index (χ0v) is 8.02. The first-order chi connectivity index (χ1) is 5.22. The molecule has 1 rings (SSSR count). The van der Waals surface area contributed by atoms with Gasteiger partial charge in [-0.2, -0.15) is 0 Å². The summed E-state index contributed by atoms with van der Waals surface area (Å²) >= 11 is 0. The first-order valence-electron chi connectivity index (χ1n) is 4.72. The summed E-state index contributed by atoms with van der Waals surface area (Å²) in [5.41, 5.74) is 0. The van der Waals surface area contributed by atoms with Gasteiger partial charge in [0.15, 0.2) is 0 Å². The molecule has 0 spiro atoms. The molecule has 1 aliphatic rings. The topological polar surface area (TPSA) is 17.1 Å². The van der Waals surface area contributed by atoms with Gasteiger partial charge in [-0.1, -0.05) is 33.1 Å². The van der Waals surface area contributed by atoms with Crippen LogP contribution in [-0.2, 0) is 4.79 Å². The van der Waals surface area contributed by atoms with Crippen molar-refractivity contribution in [3.05, 3.63) is 0 Å². The summed E-state index contributed by atoms with van der Waals surface area (Å²) in [5, 5.41) is 0. The van der Waals surface area contributed by atoms with Crippen LogP contribution < -0.4 is 0 Å². The third-order valence-electron chi connectivity index (χ3n) is 2.18. The lowest BCUT2D eigenvalue weighted by molar-refractivity contribution is -0.122. The Morgan fingerprint density at radius 2 is 1.73 bits per heavy atom. The molecule has 0 heterocycles. The fourth-order valence-corrected chi connectivity index (χ4v) is 0.815. The molecule has 1 aliphatic carbocycles. The van der Waals surface area contributed by atoms with Crippen molar-refractivity contribution >= 4 is 5.78 Å². The van der Waals surface area contributed by atoms with Gasteiger partial charge in [0.25, 0.3) is 0 Å². The molecular weight excluding hydrogens is 136 g/mol. The van der Waals surface area contributed by atoms with Gasteiger partial charge in [0.1, 0.15) is 5.78 Å². The van der Waals surface area contributed by atoms with Gasteiger partial charge >= 0.3 is 0 Å². The second kappa shape index (κ2) is 6.38. The Morgan fingerprint density at radius 1 is 1.27 bits per heavy atom. The lowest BCUT2D eigenvalue weighted by atomic mass is 9.83. The average molecular weight is 156 g/mol. The highest BCUT2D eigenvalue weighted by molar-refractivity contribution is 5.78. The van der Waals surface area contributed by atoms with Crippen molar-refractivity contribution in [2.45, 2.75) is 52.9 Å². The summed E-state index contributed by atoms with van der Waals surface area (Å²) in [4.78, 5) is 10.4. The Morgan fingerprint density at radius 3 is 1.73 bits per heavy atom. The quantitative estimate of drug-likeness (QED) is 0.600. The van der Waals surface area contributed by atoms with Crippen LogP contribution in [0.4, 0.5) is 0 Å². The summed E-state index contributed by atoms with van der Waals surface area (Å²) in [5.74, 6) is 0.825. The minimum Gasteiger partial charge on any atom is -0.300 e. The highest BCUT2D eigenvalue weighted by Crippen LogP contribution is 2.26. The van der Waals surface area contributed by atoms with Crippen molar-refractivity contribution in [2.24, 2.45) is 5.92 Å². The molecule has 0 aromatic heterocycles. The fraction of sp³-hybridized carbons (Fsp3) is 0.900. The van der Waals surface area contributed by atoms with E-state index in [0.717, 1.165) is 12.8 Å². The molecule has 66 valence electrons. The molecule has 0 atom stereocenters. The highest BCUT2D eigenvalue weighted by Gasteiger charge is 2.20. The molecule has 0 unspecified atom stereocenters. The van der Waals surface area contributed by atoms with Crippen molar-refractivity contribution in [3.8, 4) is 0 Å². The normalized spacial score (nSPS) is 16.3. The van der Waals surface area contributed by atoms with Gasteiger partial charge in [-0.3, -0.25) is 4.79 Å². The summed E-state index contributed by atoms with van der Waals surface area (Å²) in [6.07, 6.45) is 6.20. The molecule has 0 aliphatic heterocycles. The van der Waals surface area contributed by atoms with E-state index in [1.54, 1.807) is 6.92 Å². The van der Waals surface area contributed by atoms with Crippen molar-refractivity contribution in [1.82, 2.24) is 0 Å². The Labute approximate surface area is 70.2 Å². The van der Waals surface area contributed by atoms with E-state index in [-0.39, 0.29) is 0 Å². The summed E-state index contributed by atoms with van der Waals surface area (Å²) in [7, 11) is 0. The van der Waals surface area contributed by atoms with Crippen LogP contribution in [0.3, 0.4) is 0 Å². The SMILES string of the molecule is CC(=O)C1CCC1.CCCC. The number of Topliss-reactive ketones (excluding diaryl/α,β-unsaturated/α-hetero) is 1. The average Bonchev–Trinajstić information content (AvgIpc) is 1.83. The lowest BCUT2D eigenvalue weighted by Gasteiger charge is -2.21. The standard InChI is InChI=1S/C6H10O.C4H10/c1-5(7)6-3-2-4-6;1-3-4-2/h6H,2-4H2,1H3;3-4H2,1-2H3. The molecule has 0 bridgehead atoms. The van der Waals surface area contributed by atoms with E-state index in [9.17, 15) is 4.79 Å². The molecule has 0 radical (unpaired) electrons. The number of carbonyl (C=O) groups excluding carboxylic acids is 1. The van der Waals surface area contributed by atoms with E-state index in [0.29, 0.717) is 11.7 Å². The number of carbonyl (C=O) groups is 1. The van der Waals surface area contributed by atoms with Gasteiger partial charge in [0.05, 0.1) is 0 Å². The molecule has 0 N–H and O–H groups in total. The Balaban J connectivity index is 0.000000218. The van der Waals surface area contributed by atoms with Crippen molar-refractivity contribution in [1.29, 1.82) is 0 Å². The van der Waals surface area contributed by atoms with E-state index in [4.69, 9.17) is 0 Å². The van der Waals surface area contributed by atoms with Gasteiger partial charge in [-0.25, -0.2) is 0 Å². The molecule has 0 aromatic carbocycles. The molecule has 1 fully saturated rings. The molecule has 1 heteroatoms. The monoisotopic (exact) mass is 156 g/mol.